The number of halogens is 1. The Labute approximate surface area is 240 Å². The topological polar surface area (TPSA) is 103 Å². The third kappa shape index (κ3) is 5.31. The number of ether oxygens (including phenoxy) is 1. The highest BCUT2D eigenvalue weighted by atomic mass is 19.1. The lowest BCUT2D eigenvalue weighted by Gasteiger charge is -2.31. The molecule has 2 amide bonds. The van der Waals surface area contributed by atoms with Crippen molar-refractivity contribution < 1.29 is 18.7 Å². The molecule has 2 aromatic rings. The average molecular weight is 566 g/mol. The Morgan fingerprint density at radius 1 is 1.17 bits per heavy atom. The largest absolute Gasteiger partial charge is 0.495 e. The number of nitrogens with zero attached hydrogens (tertiary/aromatic N) is 5. The molecule has 1 saturated heterocycles. The van der Waals surface area contributed by atoms with Crippen molar-refractivity contribution in [2.45, 2.75) is 70.4 Å². The molecule has 41 heavy (non-hydrogen) atoms. The van der Waals surface area contributed by atoms with Crippen LogP contribution in [-0.2, 0) is 4.79 Å². The van der Waals surface area contributed by atoms with Gasteiger partial charge in [-0.15, -0.1) is 0 Å². The fourth-order valence-corrected chi connectivity index (χ4v) is 6.62. The minimum atomic E-state index is -0.653. The Hall–Kier alpha value is -3.47. The highest BCUT2D eigenvalue weighted by Crippen LogP contribution is 2.52. The summed E-state index contributed by atoms with van der Waals surface area (Å²) in [6.45, 7) is 5.60. The number of hydrogen-bond donors (Lipinski definition) is 2. The zero-order valence-electron chi connectivity index (χ0n) is 24.2. The van der Waals surface area contributed by atoms with Crippen LogP contribution in [0.25, 0.3) is 0 Å². The molecule has 4 aliphatic rings. The van der Waals surface area contributed by atoms with Gasteiger partial charge in [-0.05, 0) is 51.1 Å². The first-order chi connectivity index (χ1) is 19.8. The molecule has 1 aromatic carbocycles. The minimum absolute atomic E-state index is 0.0177. The van der Waals surface area contributed by atoms with Gasteiger partial charge in [-0.1, -0.05) is 19.8 Å². The van der Waals surface area contributed by atoms with Gasteiger partial charge in [-0.2, -0.15) is 4.98 Å². The number of fused-ring (bicyclic) bond motifs is 1. The maximum atomic E-state index is 15.3. The fraction of sp³-hybridized carbons (Fsp3) is 0.600. The summed E-state index contributed by atoms with van der Waals surface area (Å²) in [5.74, 6) is 0.331. The van der Waals surface area contributed by atoms with Crippen molar-refractivity contribution >= 4 is 35.0 Å². The smallest absolute Gasteiger partial charge is 0.254 e. The summed E-state index contributed by atoms with van der Waals surface area (Å²) in [7, 11) is 3.28. The van der Waals surface area contributed by atoms with E-state index in [-0.39, 0.29) is 28.9 Å². The van der Waals surface area contributed by atoms with Crippen molar-refractivity contribution in [3.8, 4) is 5.75 Å². The molecule has 11 heteroatoms. The number of methoxy groups -OCH3 is 1. The number of aromatic nitrogens is 2. The van der Waals surface area contributed by atoms with Crippen molar-refractivity contribution in [1.82, 2.24) is 20.2 Å². The van der Waals surface area contributed by atoms with Gasteiger partial charge >= 0.3 is 0 Å². The second-order valence-corrected chi connectivity index (χ2v) is 12.0. The zero-order chi connectivity index (χ0) is 28.7. The molecule has 2 aliphatic carbocycles. The lowest BCUT2D eigenvalue weighted by Crippen LogP contribution is -2.44. The number of piperidine rings is 1. The average Bonchev–Trinajstić information content (AvgIpc) is 3.59. The molecule has 1 spiro atoms. The predicted octanol–water partition coefficient (Wildman–Crippen LogP) is 4.09. The van der Waals surface area contributed by atoms with Gasteiger partial charge in [0.15, 0.2) is 5.82 Å². The van der Waals surface area contributed by atoms with E-state index in [4.69, 9.17) is 9.72 Å². The lowest BCUT2D eigenvalue weighted by atomic mass is 10.0. The zero-order valence-corrected chi connectivity index (χ0v) is 24.2. The molecule has 3 heterocycles. The van der Waals surface area contributed by atoms with Crippen molar-refractivity contribution in [2.75, 3.05) is 55.5 Å². The van der Waals surface area contributed by atoms with E-state index in [2.05, 4.69) is 32.3 Å². The number of carbonyl (C=O) groups excluding carboxylic acids is 2. The summed E-state index contributed by atoms with van der Waals surface area (Å²) in [4.78, 5) is 42.0. The molecule has 2 saturated carbocycles. The van der Waals surface area contributed by atoms with Crippen molar-refractivity contribution in [3.05, 3.63) is 29.7 Å². The van der Waals surface area contributed by atoms with Gasteiger partial charge in [0.25, 0.3) is 5.91 Å². The van der Waals surface area contributed by atoms with E-state index in [9.17, 15) is 9.59 Å². The van der Waals surface area contributed by atoms with E-state index in [1.165, 1.54) is 19.2 Å². The van der Waals surface area contributed by atoms with E-state index >= 15 is 4.39 Å². The van der Waals surface area contributed by atoms with Crippen LogP contribution < -0.4 is 25.2 Å². The number of likely N-dealkylation sites (tertiary alicyclic amines) is 1. The van der Waals surface area contributed by atoms with Crippen LogP contribution in [0.4, 0.5) is 27.5 Å². The second-order valence-electron chi connectivity index (χ2n) is 12.0. The van der Waals surface area contributed by atoms with Gasteiger partial charge in [0.2, 0.25) is 11.9 Å². The van der Waals surface area contributed by atoms with Crippen LogP contribution in [-0.4, -0.2) is 79.1 Å². The molecular formula is C30H40FN7O3. The minimum Gasteiger partial charge on any atom is -0.495 e. The molecular weight excluding hydrogens is 525 g/mol. The standard InChI is InChI=1S/C30H40FN7O3/c1-4-37-13-9-19(10-14-37)33-27(39)21-15-25(41-3)23(16-22(21)31)34-29-32-17-24-26(35-29)38(20-7-5-6-8-20)18-30(11-12-30)28(40)36(24)2/h15-17,19-20H,4-14,18H2,1-3H3,(H,33,39)(H,32,34,35). The van der Waals surface area contributed by atoms with Crippen molar-refractivity contribution in [1.29, 1.82) is 0 Å². The summed E-state index contributed by atoms with van der Waals surface area (Å²) in [5, 5.41) is 6.10. The molecule has 3 fully saturated rings. The molecule has 6 rings (SSSR count). The van der Waals surface area contributed by atoms with E-state index in [0.717, 1.165) is 76.8 Å². The fourth-order valence-electron chi connectivity index (χ4n) is 6.62. The van der Waals surface area contributed by atoms with Crippen LogP contribution in [0.5, 0.6) is 5.75 Å². The predicted molar refractivity (Wildman–Crippen MR) is 156 cm³/mol. The number of hydrogen-bond acceptors (Lipinski definition) is 8. The first-order valence-electron chi connectivity index (χ1n) is 14.9. The van der Waals surface area contributed by atoms with Crippen LogP contribution in [0.15, 0.2) is 18.3 Å². The van der Waals surface area contributed by atoms with E-state index in [0.29, 0.717) is 29.7 Å². The summed E-state index contributed by atoms with van der Waals surface area (Å²) in [6.07, 6.45) is 9.60. The number of carbonyl (C=O) groups is 2. The normalized spacial score (nSPS) is 21.1. The van der Waals surface area contributed by atoms with Gasteiger partial charge in [0, 0.05) is 44.8 Å². The first kappa shape index (κ1) is 27.7. The third-order valence-electron chi connectivity index (χ3n) is 9.38. The maximum absolute atomic E-state index is 15.3. The van der Waals surface area contributed by atoms with Crippen LogP contribution in [0, 0.1) is 11.2 Å². The highest BCUT2D eigenvalue weighted by Gasteiger charge is 2.55. The van der Waals surface area contributed by atoms with Crippen LogP contribution in [0.2, 0.25) is 0 Å². The summed E-state index contributed by atoms with van der Waals surface area (Å²) < 4.78 is 20.9. The SMILES string of the molecule is CCN1CCC(NC(=O)c2cc(OC)c(Nc3ncc4c(n3)N(C3CCCC3)CC3(CC3)C(=O)N4C)cc2F)CC1. The number of nitrogens with one attached hydrogen (secondary N) is 2. The molecule has 0 bridgehead atoms. The summed E-state index contributed by atoms with van der Waals surface area (Å²) in [6, 6.07) is 3.02. The maximum Gasteiger partial charge on any atom is 0.254 e. The first-order valence-corrected chi connectivity index (χ1v) is 14.9. The second kappa shape index (κ2) is 11.1. The van der Waals surface area contributed by atoms with E-state index in [1.54, 1.807) is 18.1 Å². The van der Waals surface area contributed by atoms with Gasteiger partial charge in [-0.3, -0.25) is 9.59 Å². The molecule has 0 radical (unpaired) electrons. The van der Waals surface area contributed by atoms with Gasteiger partial charge < -0.3 is 30.1 Å². The number of anilines is 4. The third-order valence-corrected chi connectivity index (χ3v) is 9.38. The van der Waals surface area contributed by atoms with E-state index < -0.39 is 11.7 Å². The van der Waals surface area contributed by atoms with E-state index in [1.807, 2.05) is 0 Å². The Morgan fingerprint density at radius 3 is 2.56 bits per heavy atom. The van der Waals surface area contributed by atoms with Crippen LogP contribution in [0.3, 0.4) is 0 Å². The monoisotopic (exact) mass is 565 g/mol. The molecule has 0 atom stereocenters. The Morgan fingerprint density at radius 2 is 1.90 bits per heavy atom. The molecule has 2 N–H and O–H groups in total. The Balaban J connectivity index is 1.25. The molecule has 10 nitrogen and oxygen atoms in total. The molecule has 220 valence electrons. The Bertz CT molecular complexity index is 1320. The van der Waals surface area contributed by atoms with Crippen molar-refractivity contribution in [3.63, 3.8) is 0 Å². The number of benzene rings is 1. The van der Waals surface area contributed by atoms with Gasteiger partial charge in [-0.25, -0.2) is 9.37 Å². The quantitative estimate of drug-likeness (QED) is 0.518. The summed E-state index contributed by atoms with van der Waals surface area (Å²) in [5.41, 5.74) is 0.602. The van der Waals surface area contributed by atoms with Crippen LogP contribution >= 0.6 is 0 Å². The van der Waals surface area contributed by atoms with Gasteiger partial charge in [0.1, 0.15) is 17.3 Å². The molecule has 2 aliphatic heterocycles. The molecule has 1 aromatic heterocycles. The number of rotatable bonds is 7. The Kier molecular flexibility index (Phi) is 7.48. The molecule has 0 unspecified atom stereocenters. The summed E-state index contributed by atoms with van der Waals surface area (Å²) >= 11 is 0. The number of amides is 2. The van der Waals surface area contributed by atoms with Crippen LogP contribution in [0.1, 0.15) is 68.6 Å². The lowest BCUT2D eigenvalue weighted by molar-refractivity contribution is -0.122. The van der Waals surface area contributed by atoms with Crippen molar-refractivity contribution in [2.24, 2.45) is 5.41 Å². The highest BCUT2D eigenvalue weighted by molar-refractivity contribution is 6.03. The van der Waals surface area contributed by atoms with Gasteiger partial charge in [0.05, 0.1) is 30.0 Å².